The second-order valence-electron chi connectivity index (χ2n) is 4.97. The number of nitrogens with zero attached hydrogens (tertiary/aromatic N) is 3. The molecule has 0 saturated carbocycles. The Morgan fingerprint density at radius 2 is 2.05 bits per heavy atom. The maximum Gasteiger partial charge on any atom is 0.274 e. The molecule has 20 heavy (non-hydrogen) atoms. The molecule has 0 aliphatic heterocycles. The highest BCUT2D eigenvalue weighted by Gasteiger charge is 2.16. The summed E-state index contributed by atoms with van der Waals surface area (Å²) in [6.07, 6.45) is 3.61. The van der Waals surface area contributed by atoms with Crippen molar-refractivity contribution in [2.24, 2.45) is 7.05 Å². The lowest BCUT2D eigenvalue weighted by Gasteiger charge is -2.17. The minimum absolute atomic E-state index is 0.0315. The molecule has 0 bridgehead atoms. The predicted octanol–water partition coefficient (Wildman–Crippen LogP) is 3.12. The first kappa shape index (κ1) is 14.0. The fraction of sp³-hybridized carbons (Fsp3) is 0.357. The van der Waals surface area contributed by atoms with E-state index in [1.54, 1.807) is 19.2 Å². The summed E-state index contributed by atoms with van der Waals surface area (Å²) in [5, 5.41) is 14.3. The highest BCUT2D eigenvalue weighted by Crippen LogP contribution is 2.28. The van der Waals surface area contributed by atoms with Crippen LogP contribution in [0, 0.1) is 24.0 Å². The Hall–Kier alpha value is -2.37. The van der Waals surface area contributed by atoms with Crippen LogP contribution in [-0.4, -0.2) is 14.5 Å². The SMILES string of the molecule is Cc1cc(C)c([N+](=O)[O-])cc1NC(C)c1nccn1C. The standard InChI is InChI=1S/C14H18N4O2/c1-9-7-10(2)13(18(19)20)8-12(9)16-11(3)14-15-5-6-17(14)4/h5-8,11,16H,1-4H3. The summed E-state index contributed by atoms with van der Waals surface area (Å²) in [6, 6.07) is 3.38. The van der Waals surface area contributed by atoms with E-state index < -0.39 is 0 Å². The molecule has 0 aliphatic rings. The third-order valence-electron chi connectivity index (χ3n) is 3.36. The number of anilines is 1. The number of aryl methyl sites for hydroxylation is 3. The molecule has 1 heterocycles. The van der Waals surface area contributed by atoms with Crippen molar-refractivity contribution in [1.82, 2.24) is 9.55 Å². The van der Waals surface area contributed by atoms with Gasteiger partial charge in [0, 0.05) is 36.8 Å². The van der Waals surface area contributed by atoms with Crippen LogP contribution in [0.3, 0.4) is 0 Å². The van der Waals surface area contributed by atoms with Crippen LogP contribution >= 0.6 is 0 Å². The number of imidazole rings is 1. The third-order valence-corrected chi connectivity index (χ3v) is 3.36. The summed E-state index contributed by atoms with van der Waals surface area (Å²) in [5.74, 6) is 0.882. The molecule has 1 aromatic carbocycles. The Bertz CT molecular complexity index is 649. The highest BCUT2D eigenvalue weighted by molar-refractivity contribution is 5.60. The molecule has 0 radical (unpaired) electrons. The molecule has 2 rings (SSSR count). The topological polar surface area (TPSA) is 73.0 Å². The lowest BCUT2D eigenvalue weighted by molar-refractivity contribution is -0.385. The van der Waals surface area contributed by atoms with Gasteiger partial charge in [0.2, 0.25) is 0 Å². The van der Waals surface area contributed by atoms with Gasteiger partial charge in [-0.2, -0.15) is 0 Å². The monoisotopic (exact) mass is 274 g/mol. The van der Waals surface area contributed by atoms with Crippen molar-refractivity contribution in [3.63, 3.8) is 0 Å². The van der Waals surface area contributed by atoms with Gasteiger partial charge in [-0.3, -0.25) is 10.1 Å². The lowest BCUT2D eigenvalue weighted by atomic mass is 10.1. The molecule has 0 aliphatic carbocycles. The second-order valence-corrected chi connectivity index (χ2v) is 4.97. The average molecular weight is 274 g/mol. The minimum atomic E-state index is -0.356. The Morgan fingerprint density at radius 1 is 1.35 bits per heavy atom. The Kier molecular flexibility index (Phi) is 3.74. The predicted molar refractivity (Wildman–Crippen MR) is 77.8 cm³/mol. The second kappa shape index (κ2) is 5.32. The number of nitro benzene ring substituents is 1. The molecule has 0 amide bonds. The van der Waals surface area contributed by atoms with Crippen LogP contribution in [-0.2, 0) is 7.05 Å². The summed E-state index contributed by atoms with van der Waals surface area (Å²) in [6.45, 7) is 5.66. The first-order valence-electron chi connectivity index (χ1n) is 6.39. The van der Waals surface area contributed by atoms with E-state index in [1.165, 1.54) is 0 Å². The normalized spacial score (nSPS) is 12.2. The lowest BCUT2D eigenvalue weighted by Crippen LogP contribution is -2.13. The van der Waals surface area contributed by atoms with Crippen LogP contribution in [0.2, 0.25) is 0 Å². The molecular formula is C14H18N4O2. The maximum atomic E-state index is 11.0. The molecule has 6 heteroatoms. The number of nitro groups is 1. The maximum absolute atomic E-state index is 11.0. The summed E-state index contributed by atoms with van der Waals surface area (Å²) in [5.41, 5.74) is 2.54. The molecule has 1 aromatic heterocycles. The van der Waals surface area contributed by atoms with Crippen LogP contribution in [0.15, 0.2) is 24.5 Å². The van der Waals surface area contributed by atoms with Crippen LogP contribution < -0.4 is 5.32 Å². The van der Waals surface area contributed by atoms with Gasteiger partial charge in [0.1, 0.15) is 5.82 Å². The summed E-state index contributed by atoms with van der Waals surface area (Å²) >= 11 is 0. The average Bonchev–Trinajstić information content (AvgIpc) is 2.78. The molecular weight excluding hydrogens is 256 g/mol. The zero-order valence-corrected chi connectivity index (χ0v) is 12.0. The van der Waals surface area contributed by atoms with Gasteiger partial charge in [-0.1, -0.05) is 0 Å². The first-order chi connectivity index (χ1) is 9.40. The van der Waals surface area contributed by atoms with Crippen LogP contribution in [0.5, 0.6) is 0 Å². The number of rotatable bonds is 4. The van der Waals surface area contributed by atoms with Crippen LogP contribution in [0.25, 0.3) is 0 Å². The van der Waals surface area contributed by atoms with Gasteiger partial charge in [-0.05, 0) is 32.4 Å². The van der Waals surface area contributed by atoms with Crippen molar-refractivity contribution < 1.29 is 4.92 Å². The van der Waals surface area contributed by atoms with Gasteiger partial charge in [0.25, 0.3) is 5.69 Å². The fourth-order valence-electron chi connectivity index (χ4n) is 2.29. The van der Waals surface area contributed by atoms with Gasteiger partial charge in [-0.25, -0.2) is 4.98 Å². The van der Waals surface area contributed by atoms with Gasteiger partial charge in [0.15, 0.2) is 0 Å². The largest absolute Gasteiger partial charge is 0.375 e. The molecule has 2 aromatic rings. The summed E-state index contributed by atoms with van der Waals surface area (Å²) in [4.78, 5) is 14.9. The van der Waals surface area contributed by atoms with E-state index >= 15 is 0 Å². The van der Waals surface area contributed by atoms with E-state index in [2.05, 4.69) is 10.3 Å². The van der Waals surface area contributed by atoms with Gasteiger partial charge in [-0.15, -0.1) is 0 Å². The van der Waals surface area contributed by atoms with Gasteiger partial charge >= 0.3 is 0 Å². The van der Waals surface area contributed by atoms with Crippen molar-refractivity contribution in [1.29, 1.82) is 0 Å². The minimum Gasteiger partial charge on any atom is -0.375 e. The van der Waals surface area contributed by atoms with E-state index in [1.807, 2.05) is 37.7 Å². The van der Waals surface area contributed by atoms with E-state index in [-0.39, 0.29) is 16.7 Å². The highest BCUT2D eigenvalue weighted by atomic mass is 16.6. The number of nitrogens with one attached hydrogen (secondary N) is 1. The zero-order chi connectivity index (χ0) is 14.9. The molecule has 1 atom stereocenters. The smallest absolute Gasteiger partial charge is 0.274 e. The molecule has 106 valence electrons. The molecule has 1 unspecified atom stereocenters. The van der Waals surface area contributed by atoms with Crippen molar-refractivity contribution >= 4 is 11.4 Å². The summed E-state index contributed by atoms with van der Waals surface area (Å²) < 4.78 is 1.93. The van der Waals surface area contributed by atoms with Crippen molar-refractivity contribution in [3.8, 4) is 0 Å². The van der Waals surface area contributed by atoms with Crippen molar-refractivity contribution in [3.05, 3.63) is 51.6 Å². The number of hydrogen-bond donors (Lipinski definition) is 1. The number of aromatic nitrogens is 2. The van der Waals surface area contributed by atoms with Crippen LogP contribution in [0.1, 0.15) is 29.9 Å². The number of hydrogen-bond acceptors (Lipinski definition) is 4. The van der Waals surface area contributed by atoms with Crippen LogP contribution in [0.4, 0.5) is 11.4 Å². The van der Waals surface area contributed by atoms with Crippen molar-refractivity contribution in [2.75, 3.05) is 5.32 Å². The summed E-state index contributed by atoms with van der Waals surface area (Å²) in [7, 11) is 1.92. The number of benzene rings is 1. The van der Waals surface area contributed by atoms with Gasteiger partial charge < -0.3 is 9.88 Å². The Labute approximate surface area is 117 Å². The van der Waals surface area contributed by atoms with E-state index in [0.29, 0.717) is 5.56 Å². The Balaban J connectivity index is 2.32. The third kappa shape index (κ3) is 2.64. The fourth-order valence-corrected chi connectivity index (χ4v) is 2.29. The van der Waals surface area contributed by atoms with E-state index in [9.17, 15) is 10.1 Å². The van der Waals surface area contributed by atoms with E-state index in [4.69, 9.17) is 0 Å². The molecule has 0 spiro atoms. The zero-order valence-electron chi connectivity index (χ0n) is 12.0. The molecule has 1 N–H and O–H groups in total. The molecule has 0 saturated heterocycles. The van der Waals surface area contributed by atoms with Gasteiger partial charge in [0.05, 0.1) is 11.0 Å². The molecule has 0 fully saturated rings. The first-order valence-corrected chi connectivity index (χ1v) is 6.39. The Morgan fingerprint density at radius 3 is 2.60 bits per heavy atom. The van der Waals surface area contributed by atoms with Crippen molar-refractivity contribution in [2.45, 2.75) is 26.8 Å². The quantitative estimate of drug-likeness (QED) is 0.686. The molecule has 6 nitrogen and oxygen atoms in total. The van der Waals surface area contributed by atoms with E-state index in [0.717, 1.165) is 17.1 Å².